The monoisotopic (exact) mass is 847 g/mol. The van der Waals surface area contributed by atoms with Crippen LogP contribution in [0.4, 0.5) is 4.79 Å². The largest absolute Gasteiger partial charge is 0.443 e. The second-order valence-corrected chi connectivity index (χ2v) is 18.4. The summed E-state index contributed by atoms with van der Waals surface area (Å²) in [6.45, 7) is 19.2. The van der Waals surface area contributed by atoms with Crippen LogP contribution in [0.3, 0.4) is 0 Å². The molecule has 5 amide bonds. The quantitative estimate of drug-likeness (QED) is 0.0420. The topological polar surface area (TPSA) is 235 Å². The molecule has 0 saturated carbocycles. The molecule has 1 heterocycles. The molecule has 1 aromatic heterocycles. The highest BCUT2D eigenvalue weighted by molar-refractivity contribution is 8.02. The predicted molar refractivity (Wildman–Crippen MR) is 220 cm³/mol. The van der Waals surface area contributed by atoms with Gasteiger partial charge in [-0.25, -0.2) is 9.48 Å². The Bertz CT molecular complexity index is 1370. The van der Waals surface area contributed by atoms with E-state index in [4.69, 9.17) is 23.8 Å². The van der Waals surface area contributed by atoms with Gasteiger partial charge in [0.05, 0.1) is 71.1 Å². The zero-order valence-corrected chi connectivity index (χ0v) is 36.5. The molecule has 1 rings (SSSR count). The number of carbonyl (C=O) groups is 5. The summed E-state index contributed by atoms with van der Waals surface area (Å²) in [5.74, 6) is -0.904. The van der Waals surface area contributed by atoms with E-state index < -0.39 is 36.3 Å². The summed E-state index contributed by atoms with van der Waals surface area (Å²) in [6, 6.07) is 0. The number of carbonyl (C=O) groups excluding carboxylic acids is 5. The van der Waals surface area contributed by atoms with Gasteiger partial charge < -0.3 is 50.4 Å². The number of alkyl carbamates (subject to hydrolysis) is 1. The summed E-state index contributed by atoms with van der Waals surface area (Å²) in [5.41, 5.74) is 1.53. The fraction of sp³-hybridized carbons (Fsp3) is 0.778. The lowest BCUT2D eigenvalue weighted by molar-refractivity contribution is -0.130. The Balaban J connectivity index is 2.09. The van der Waals surface area contributed by atoms with Crippen LogP contribution in [-0.2, 0) is 56.1 Å². The first kappa shape index (κ1) is 51.4. The van der Waals surface area contributed by atoms with Gasteiger partial charge in [-0.3, -0.25) is 19.2 Å². The number of hydrogen-bond donors (Lipinski definition) is 5. The van der Waals surface area contributed by atoms with Crippen LogP contribution in [0, 0.1) is 5.41 Å². The number of hydrogen-bond acceptors (Lipinski definition) is 15. The Labute approximate surface area is 345 Å². The smallest absolute Gasteiger partial charge is 0.407 e. The summed E-state index contributed by atoms with van der Waals surface area (Å²) in [5, 5.41) is 24.6. The molecule has 0 radical (unpaired) electrons. The summed E-state index contributed by atoms with van der Waals surface area (Å²) in [6.07, 6.45) is 1.93. The first-order valence-electron chi connectivity index (χ1n) is 18.9. The minimum atomic E-state index is -0.709. The lowest BCUT2D eigenvalue weighted by atomic mass is 9.93. The second-order valence-electron chi connectivity index (χ2n) is 15.0. The van der Waals surface area contributed by atoms with E-state index in [0.717, 1.165) is 12.1 Å². The number of ether oxygens (including phenoxy) is 4. The van der Waals surface area contributed by atoms with Crippen molar-refractivity contribution in [3.05, 3.63) is 11.9 Å². The molecule has 0 unspecified atom stereocenters. The van der Waals surface area contributed by atoms with Crippen LogP contribution >= 0.6 is 23.5 Å². The summed E-state index contributed by atoms with van der Waals surface area (Å²) in [7, 11) is 0. The Hall–Kier alpha value is -3.66. The van der Waals surface area contributed by atoms with Gasteiger partial charge >= 0.3 is 6.09 Å². The molecule has 0 aliphatic carbocycles. The molecule has 19 nitrogen and oxygen atoms in total. The minimum absolute atomic E-state index is 0.0547. The molecule has 326 valence electrons. The fourth-order valence-electron chi connectivity index (χ4n) is 3.76. The number of nitrogens with one attached hydrogen (secondary N) is 5. The highest BCUT2D eigenvalue weighted by Gasteiger charge is 2.15. The zero-order chi connectivity index (χ0) is 42.5. The Kier molecular flexibility index (Phi) is 26.6. The van der Waals surface area contributed by atoms with Gasteiger partial charge in [0.2, 0.25) is 17.7 Å². The highest BCUT2D eigenvalue weighted by Crippen LogP contribution is 2.24. The molecule has 21 heteroatoms. The van der Waals surface area contributed by atoms with Crippen molar-refractivity contribution in [2.24, 2.45) is 10.6 Å². The van der Waals surface area contributed by atoms with Gasteiger partial charge in [-0.2, -0.15) is 11.8 Å². The second kappa shape index (κ2) is 29.5. The number of oxime groups is 1. The van der Waals surface area contributed by atoms with Crippen molar-refractivity contribution in [1.82, 2.24) is 41.6 Å². The molecule has 0 aromatic carbocycles. The molecule has 5 N–H and O–H groups in total. The van der Waals surface area contributed by atoms with Crippen molar-refractivity contribution in [3.63, 3.8) is 0 Å². The van der Waals surface area contributed by atoms with Gasteiger partial charge in [-0.1, -0.05) is 65.8 Å². The summed E-state index contributed by atoms with van der Waals surface area (Å²) < 4.78 is 23.4. The van der Waals surface area contributed by atoms with Crippen LogP contribution in [0.5, 0.6) is 0 Å². The fourth-order valence-corrected chi connectivity index (χ4v) is 5.33. The molecule has 0 atom stereocenters. The van der Waals surface area contributed by atoms with E-state index in [1.54, 1.807) is 34.4 Å². The third kappa shape index (κ3) is 32.0. The van der Waals surface area contributed by atoms with Gasteiger partial charge in [-0.15, -0.1) is 16.9 Å². The third-order valence-electron chi connectivity index (χ3n) is 6.84. The molecule has 0 aliphatic rings. The minimum Gasteiger partial charge on any atom is -0.443 e. The van der Waals surface area contributed by atoms with Crippen molar-refractivity contribution in [1.29, 1.82) is 0 Å². The lowest BCUT2D eigenvalue weighted by Gasteiger charge is -2.18. The number of aromatic nitrogens is 3. The van der Waals surface area contributed by atoms with Crippen LogP contribution in [0.2, 0.25) is 0 Å². The van der Waals surface area contributed by atoms with Crippen molar-refractivity contribution in [3.8, 4) is 0 Å². The maximum atomic E-state index is 12.1. The third-order valence-corrected chi connectivity index (χ3v) is 9.35. The first-order chi connectivity index (χ1) is 26.9. The van der Waals surface area contributed by atoms with Crippen molar-refractivity contribution < 1.29 is 47.8 Å². The number of nitrogens with zero attached hydrogens (tertiary/aromatic N) is 4. The Morgan fingerprint density at radius 3 is 1.91 bits per heavy atom. The van der Waals surface area contributed by atoms with Crippen molar-refractivity contribution in [2.45, 2.75) is 85.0 Å². The van der Waals surface area contributed by atoms with Gasteiger partial charge in [-0.05, 0) is 17.1 Å². The van der Waals surface area contributed by atoms with E-state index in [1.807, 2.05) is 0 Å². The van der Waals surface area contributed by atoms with Crippen LogP contribution in [-0.4, -0.2) is 151 Å². The van der Waals surface area contributed by atoms with Crippen LogP contribution < -0.4 is 26.6 Å². The molecule has 0 aliphatic heterocycles. The van der Waals surface area contributed by atoms with Crippen molar-refractivity contribution in [2.75, 3.05) is 90.5 Å². The standard InChI is InChI=1S/C36H65N9O10S2/c1-27(2)56-25-29(26-57-36(6,7)8)43-55-24-33(49)41-21-32(48)40-20-31(47)39-19-30(46)37-10-11-38-34(50)54-23-28-22-45(44-42-28)12-14-52-16-18-53-17-15-51-13-9-35(3,4)5/h22,27H,9-21,23-26H2,1-8H3,(H,37,46)(H,38,50)(H,39,47)(H,40,48)(H,41,49)/b43-29-. The normalized spacial score (nSPS) is 11.9. The number of thioether (sulfide) groups is 2. The lowest BCUT2D eigenvalue weighted by Crippen LogP contribution is -2.45. The molecule has 0 fully saturated rings. The van der Waals surface area contributed by atoms with Crippen LogP contribution in [0.1, 0.15) is 67.5 Å². The van der Waals surface area contributed by atoms with E-state index >= 15 is 0 Å². The Morgan fingerprint density at radius 1 is 0.754 bits per heavy atom. The SMILES string of the molecule is CC(C)SC/C(CSC(C)(C)C)=N/OCC(=O)NCC(=O)NCC(=O)NCC(=O)NCCNC(=O)OCc1cn(CCOCCOCCOCCC(C)(C)C)nn1. The molecular weight excluding hydrogens is 783 g/mol. The average Bonchev–Trinajstić information content (AvgIpc) is 3.59. The van der Waals surface area contributed by atoms with E-state index in [0.29, 0.717) is 68.6 Å². The average molecular weight is 848 g/mol. The summed E-state index contributed by atoms with van der Waals surface area (Å²) in [4.78, 5) is 65.5. The van der Waals surface area contributed by atoms with E-state index in [2.05, 4.69) is 97.4 Å². The van der Waals surface area contributed by atoms with E-state index in [9.17, 15) is 24.0 Å². The van der Waals surface area contributed by atoms with Gasteiger partial charge in [0, 0.05) is 35.9 Å². The van der Waals surface area contributed by atoms with Crippen molar-refractivity contribution >= 4 is 59.0 Å². The molecule has 0 saturated heterocycles. The Morgan fingerprint density at radius 2 is 1.32 bits per heavy atom. The predicted octanol–water partition coefficient (Wildman–Crippen LogP) is 1.50. The maximum Gasteiger partial charge on any atom is 0.407 e. The number of rotatable bonds is 30. The molecular formula is C36H65N9O10S2. The van der Waals surface area contributed by atoms with Gasteiger partial charge in [0.25, 0.3) is 5.91 Å². The van der Waals surface area contributed by atoms with Gasteiger partial charge in [0.1, 0.15) is 12.3 Å². The zero-order valence-electron chi connectivity index (χ0n) is 34.9. The van der Waals surface area contributed by atoms with Gasteiger partial charge in [0.15, 0.2) is 6.61 Å². The number of amides is 5. The summed E-state index contributed by atoms with van der Waals surface area (Å²) >= 11 is 3.46. The van der Waals surface area contributed by atoms with E-state index in [1.165, 1.54) is 0 Å². The first-order valence-corrected chi connectivity index (χ1v) is 21.0. The molecule has 0 bridgehead atoms. The van der Waals surface area contributed by atoms with E-state index in [-0.39, 0.29) is 49.6 Å². The molecule has 1 aromatic rings. The molecule has 57 heavy (non-hydrogen) atoms. The van der Waals surface area contributed by atoms with Crippen LogP contribution in [0.15, 0.2) is 11.4 Å². The highest BCUT2D eigenvalue weighted by atomic mass is 32.2. The maximum absolute atomic E-state index is 12.1. The molecule has 0 spiro atoms. The van der Waals surface area contributed by atoms with Crippen LogP contribution in [0.25, 0.3) is 0 Å².